The second-order valence-electron chi connectivity index (χ2n) is 5.22. The van der Waals surface area contributed by atoms with Gasteiger partial charge in [-0.1, -0.05) is 18.2 Å². The van der Waals surface area contributed by atoms with Crippen LogP contribution in [0.5, 0.6) is 0 Å². The lowest BCUT2D eigenvalue weighted by atomic mass is 10.2. The first-order valence-corrected chi connectivity index (χ1v) is 9.64. The molecule has 6 nitrogen and oxygen atoms in total. The lowest BCUT2D eigenvalue weighted by Crippen LogP contribution is -2.13. The van der Waals surface area contributed by atoms with Crippen molar-refractivity contribution in [2.75, 3.05) is 10.0 Å². The lowest BCUT2D eigenvalue weighted by Gasteiger charge is -2.08. The Kier molecular flexibility index (Phi) is 4.95. The number of hydrogen-bond donors (Lipinski definition) is 2. The highest BCUT2D eigenvalue weighted by molar-refractivity contribution is 7.94. The first kappa shape index (κ1) is 17.3. The zero-order chi connectivity index (χ0) is 17.9. The van der Waals surface area contributed by atoms with Crippen LogP contribution in [0.25, 0.3) is 0 Å². The average molecular weight is 378 g/mol. The number of aryl methyl sites for hydroxylation is 1. The number of thiophene rings is 1. The molecule has 0 spiro atoms. The van der Waals surface area contributed by atoms with Crippen LogP contribution < -0.4 is 10.0 Å². The molecule has 3 aromatic rings. The van der Waals surface area contributed by atoms with Gasteiger partial charge in [0, 0.05) is 17.0 Å². The van der Waals surface area contributed by atoms with E-state index < -0.39 is 10.0 Å². The van der Waals surface area contributed by atoms with Crippen LogP contribution in [0.3, 0.4) is 0 Å². The van der Waals surface area contributed by atoms with E-state index in [4.69, 9.17) is 0 Å². The van der Waals surface area contributed by atoms with Gasteiger partial charge < -0.3 is 5.32 Å². The highest BCUT2D eigenvalue weighted by Crippen LogP contribution is 2.22. The largest absolute Gasteiger partial charge is 0.364 e. The first-order valence-electron chi connectivity index (χ1n) is 7.34. The maximum Gasteiger partial charge on any atom is 0.272 e. The lowest BCUT2D eigenvalue weighted by molar-refractivity contribution is 0.602. The second-order valence-corrected chi connectivity index (χ2v) is 8.42. The van der Waals surface area contributed by atoms with Gasteiger partial charge >= 0.3 is 0 Å². The van der Waals surface area contributed by atoms with Crippen LogP contribution in [0.1, 0.15) is 10.4 Å². The number of rotatable bonds is 6. The summed E-state index contributed by atoms with van der Waals surface area (Å²) in [6.45, 7) is 2.08. The summed E-state index contributed by atoms with van der Waals surface area (Å²) >= 11 is 1.18. The van der Waals surface area contributed by atoms with E-state index >= 15 is 0 Å². The van der Waals surface area contributed by atoms with Gasteiger partial charge in [0.05, 0.1) is 0 Å². The molecule has 0 saturated carbocycles. The molecule has 0 aliphatic heterocycles. The molecule has 2 aromatic heterocycles. The summed E-state index contributed by atoms with van der Waals surface area (Å²) in [6.07, 6.45) is 0. The summed E-state index contributed by atoms with van der Waals surface area (Å²) in [4.78, 5) is 0.902. The van der Waals surface area contributed by atoms with E-state index in [0.717, 1.165) is 4.88 Å². The smallest absolute Gasteiger partial charge is 0.272 e. The van der Waals surface area contributed by atoms with E-state index in [1.165, 1.54) is 23.5 Å². The third kappa shape index (κ3) is 4.31. The Morgan fingerprint density at radius 3 is 2.40 bits per heavy atom. The van der Waals surface area contributed by atoms with E-state index in [-0.39, 0.29) is 22.4 Å². The standard InChI is InChI=1S/C16H15FN4O2S2/c1-11-6-9-16(24-11)25(22,23)21-15-8-7-14(19-20-15)18-10-12-4-2-3-5-13(12)17/h2-9H,10H2,1H3,(H,18,19)(H,20,21). The van der Waals surface area contributed by atoms with Crippen molar-refractivity contribution in [3.8, 4) is 0 Å². The third-order valence-corrected chi connectivity index (χ3v) is 6.15. The Morgan fingerprint density at radius 2 is 1.76 bits per heavy atom. The van der Waals surface area contributed by atoms with Crippen LogP contribution in [0.4, 0.5) is 16.0 Å². The predicted molar refractivity (Wildman–Crippen MR) is 95.6 cm³/mol. The van der Waals surface area contributed by atoms with E-state index in [2.05, 4.69) is 20.2 Å². The summed E-state index contributed by atoms with van der Waals surface area (Å²) in [7, 11) is -3.67. The van der Waals surface area contributed by atoms with Crippen LogP contribution in [0, 0.1) is 12.7 Å². The van der Waals surface area contributed by atoms with Crippen LogP contribution in [0.2, 0.25) is 0 Å². The molecule has 0 unspecified atom stereocenters. The SMILES string of the molecule is Cc1ccc(S(=O)(=O)Nc2ccc(NCc3ccccc3F)nn2)s1. The highest BCUT2D eigenvalue weighted by Gasteiger charge is 2.17. The molecule has 0 radical (unpaired) electrons. The van der Waals surface area contributed by atoms with Crippen LogP contribution in [-0.4, -0.2) is 18.6 Å². The number of benzene rings is 1. The maximum atomic E-state index is 13.6. The van der Waals surface area contributed by atoms with Crippen molar-refractivity contribution in [2.24, 2.45) is 0 Å². The molecule has 0 atom stereocenters. The van der Waals surface area contributed by atoms with E-state index in [9.17, 15) is 12.8 Å². The summed E-state index contributed by atoms with van der Waals surface area (Å²) < 4.78 is 40.6. The van der Waals surface area contributed by atoms with Gasteiger partial charge in [-0.15, -0.1) is 21.5 Å². The number of halogens is 1. The Balaban J connectivity index is 1.65. The van der Waals surface area contributed by atoms with Gasteiger partial charge in [-0.05, 0) is 37.3 Å². The minimum atomic E-state index is -3.67. The van der Waals surface area contributed by atoms with Crippen molar-refractivity contribution in [3.05, 3.63) is 64.8 Å². The van der Waals surface area contributed by atoms with Crippen molar-refractivity contribution in [3.63, 3.8) is 0 Å². The fourth-order valence-electron chi connectivity index (χ4n) is 2.05. The Bertz CT molecular complexity index is 972. The van der Waals surface area contributed by atoms with E-state index in [1.54, 1.807) is 36.4 Å². The normalized spacial score (nSPS) is 11.3. The Hall–Kier alpha value is -2.52. The molecule has 3 rings (SSSR count). The number of anilines is 2. The molecular formula is C16H15FN4O2S2. The monoisotopic (exact) mass is 378 g/mol. The molecule has 2 heterocycles. The quantitative estimate of drug-likeness (QED) is 0.687. The van der Waals surface area contributed by atoms with Crippen LogP contribution in [0.15, 0.2) is 52.7 Å². The Labute approximate surface area is 148 Å². The third-order valence-electron chi connectivity index (χ3n) is 3.30. The van der Waals surface area contributed by atoms with Gasteiger partial charge in [-0.2, -0.15) is 0 Å². The number of nitrogens with one attached hydrogen (secondary N) is 2. The second kappa shape index (κ2) is 7.16. The van der Waals surface area contributed by atoms with Crippen molar-refractivity contribution in [1.29, 1.82) is 0 Å². The van der Waals surface area contributed by atoms with Crippen molar-refractivity contribution in [2.45, 2.75) is 17.7 Å². The summed E-state index contributed by atoms with van der Waals surface area (Å²) in [5.41, 5.74) is 0.502. The zero-order valence-corrected chi connectivity index (χ0v) is 14.9. The van der Waals surface area contributed by atoms with Gasteiger partial charge in [-0.3, -0.25) is 4.72 Å². The van der Waals surface area contributed by atoms with Gasteiger partial charge in [0.2, 0.25) is 0 Å². The molecule has 130 valence electrons. The van der Waals surface area contributed by atoms with Crippen LogP contribution >= 0.6 is 11.3 Å². The molecule has 2 N–H and O–H groups in total. The van der Waals surface area contributed by atoms with Gasteiger partial charge in [0.1, 0.15) is 15.8 Å². The van der Waals surface area contributed by atoms with E-state index in [0.29, 0.717) is 11.4 Å². The topological polar surface area (TPSA) is 84.0 Å². The van der Waals surface area contributed by atoms with Gasteiger partial charge in [0.15, 0.2) is 5.82 Å². The van der Waals surface area contributed by atoms with Crippen molar-refractivity contribution >= 4 is 33.0 Å². The molecular weight excluding hydrogens is 363 g/mol. The van der Waals surface area contributed by atoms with Gasteiger partial charge in [-0.25, -0.2) is 12.8 Å². The molecule has 0 amide bonds. The van der Waals surface area contributed by atoms with E-state index in [1.807, 2.05) is 6.92 Å². The minimum absolute atomic E-state index is 0.113. The Morgan fingerprint density at radius 1 is 1.04 bits per heavy atom. The molecule has 9 heteroatoms. The molecule has 1 aromatic carbocycles. The maximum absolute atomic E-state index is 13.6. The van der Waals surface area contributed by atoms with Crippen LogP contribution in [-0.2, 0) is 16.6 Å². The molecule has 0 bridgehead atoms. The average Bonchev–Trinajstić information content (AvgIpc) is 3.03. The minimum Gasteiger partial charge on any atom is -0.364 e. The zero-order valence-electron chi connectivity index (χ0n) is 13.2. The van der Waals surface area contributed by atoms with Crippen molar-refractivity contribution < 1.29 is 12.8 Å². The number of hydrogen-bond acceptors (Lipinski definition) is 6. The summed E-state index contributed by atoms with van der Waals surface area (Å²) in [5.74, 6) is 0.222. The predicted octanol–water partition coefficient (Wildman–Crippen LogP) is 3.40. The number of nitrogens with zero attached hydrogens (tertiary/aromatic N) is 2. The van der Waals surface area contributed by atoms with Gasteiger partial charge in [0.25, 0.3) is 10.0 Å². The fourth-order valence-corrected chi connectivity index (χ4v) is 4.33. The molecule has 0 aliphatic rings. The molecule has 25 heavy (non-hydrogen) atoms. The summed E-state index contributed by atoms with van der Waals surface area (Å²) in [5, 5.41) is 10.7. The summed E-state index contributed by atoms with van der Waals surface area (Å²) in [6, 6.07) is 12.8. The first-order chi connectivity index (χ1) is 11.9. The molecule has 0 aliphatic carbocycles. The number of sulfonamides is 1. The van der Waals surface area contributed by atoms with Crippen molar-refractivity contribution in [1.82, 2.24) is 10.2 Å². The number of aromatic nitrogens is 2. The fraction of sp³-hybridized carbons (Fsp3) is 0.125. The highest BCUT2D eigenvalue weighted by atomic mass is 32.2. The molecule has 0 fully saturated rings. The molecule has 0 saturated heterocycles.